The predicted octanol–water partition coefficient (Wildman–Crippen LogP) is 1.97. The number of primary amides is 1. The number of nitrogens with one attached hydrogen (secondary N) is 2. The highest BCUT2D eigenvalue weighted by Gasteiger charge is 2.18. The summed E-state index contributed by atoms with van der Waals surface area (Å²) in [4.78, 5) is 22.3. The minimum atomic E-state index is -0.874. The molecule has 8 nitrogen and oxygen atoms in total. The summed E-state index contributed by atoms with van der Waals surface area (Å²) in [6.07, 6.45) is 0. The molecule has 122 valence electrons. The van der Waals surface area contributed by atoms with E-state index in [9.17, 15) is 9.59 Å². The fourth-order valence-corrected chi connectivity index (χ4v) is 3.45. The Balaban J connectivity index is 1.94. The molecular weight excluding hydrogens is 338 g/mol. The number of anilines is 2. The van der Waals surface area contributed by atoms with E-state index in [-0.39, 0.29) is 0 Å². The maximum absolute atomic E-state index is 11.6. The molecule has 0 aliphatic heterocycles. The van der Waals surface area contributed by atoms with E-state index in [0.29, 0.717) is 9.47 Å². The lowest BCUT2D eigenvalue weighted by Crippen LogP contribution is -2.39. The summed E-state index contributed by atoms with van der Waals surface area (Å²) in [5, 5.41) is 13.2. The normalized spacial score (nSPS) is 11.6. The maximum Gasteiger partial charge on any atom is 0.318 e. The Morgan fingerprint density at radius 2 is 2.00 bits per heavy atom. The highest BCUT2D eigenvalue weighted by molar-refractivity contribution is 8.02. The Labute approximate surface area is 140 Å². The van der Waals surface area contributed by atoms with Gasteiger partial charge in [-0.25, -0.2) is 4.79 Å². The van der Waals surface area contributed by atoms with Gasteiger partial charge in [-0.1, -0.05) is 23.1 Å². The molecule has 0 bridgehead atoms. The second-order valence-electron chi connectivity index (χ2n) is 4.34. The van der Waals surface area contributed by atoms with Crippen LogP contribution in [-0.4, -0.2) is 34.5 Å². The maximum atomic E-state index is 11.6. The number of aromatic nitrogens is 2. The first-order valence-corrected chi connectivity index (χ1v) is 8.19. The highest BCUT2D eigenvalue weighted by Crippen LogP contribution is 2.30. The molecule has 0 spiro atoms. The molecule has 10 heteroatoms. The predicted molar refractivity (Wildman–Crippen MR) is 89.2 cm³/mol. The number of ether oxygens (including phenoxy) is 1. The van der Waals surface area contributed by atoms with Crippen molar-refractivity contribution in [2.75, 3.05) is 12.4 Å². The van der Waals surface area contributed by atoms with Crippen LogP contribution in [0.2, 0.25) is 0 Å². The number of hydrogen-bond acceptors (Lipinski definition) is 8. The van der Waals surface area contributed by atoms with Crippen LogP contribution in [0.25, 0.3) is 0 Å². The van der Waals surface area contributed by atoms with Crippen LogP contribution in [0.1, 0.15) is 6.92 Å². The van der Waals surface area contributed by atoms with Gasteiger partial charge in [0.05, 0.1) is 12.4 Å². The molecule has 0 fully saturated rings. The fourth-order valence-electron chi connectivity index (χ4n) is 1.53. The molecule has 0 radical (unpaired) electrons. The van der Waals surface area contributed by atoms with Crippen molar-refractivity contribution < 1.29 is 14.3 Å². The topological polar surface area (TPSA) is 119 Å². The molecule has 0 saturated carbocycles. The van der Waals surface area contributed by atoms with Crippen molar-refractivity contribution in [3.8, 4) is 5.75 Å². The summed E-state index contributed by atoms with van der Waals surface area (Å²) >= 11 is 2.50. The number of carbonyl (C=O) groups is 2. The monoisotopic (exact) mass is 353 g/mol. The summed E-state index contributed by atoms with van der Waals surface area (Å²) in [5.74, 6) is 0.292. The second-order valence-corrected chi connectivity index (χ2v) is 6.91. The summed E-state index contributed by atoms with van der Waals surface area (Å²) in [6.45, 7) is 1.65. The van der Waals surface area contributed by atoms with Gasteiger partial charge in [0, 0.05) is 5.69 Å². The van der Waals surface area contributed by atoms with E-state index < -0.39 is 17.2 Å². The van der Waals surface area contributed by atoms with Gasteiger partial charge in [0.15, 0.2) is 4.34 Å². The van der Waals surface area contributed by atoms with Crippen molar-refractivity contribution in [1.29, 1.82) is 0 Å². The van der Waals surface area contributed by atoms with Crippen molar-refractivity contribution in [3.63, 3.8) is 0 Å². The first kappa shape index (κ1) is 17.0. The third-order valence-corrected chi connectivity index (χ3v) is 4.66. The number of thioether (sulfide) groups is 1. The quantitative estimate of drug-likeness (QED) is 0.679. The summed E-state index contributed by atoms with van der Waals surface area (Å²) in [5.41, 5.74) is 5.76. The summed E-state index contributed by atoms with van der Waals surface area (Å²) in [7, 11) is 1.60. The molecule has 4 N–H and O–H groups in total. The fraction of sp³-hybridized carbons (Fsp3) is 0.231. The molecule has 2 rings (SSSR count). The van der Waals surface area contributed by atoms with Crippen molar-refractivity contribution in [3.05, 3.63) is 24.3 Å². The molecule has 0 aliphatic rings. The summed E-state index contributed by atoms with van der Waals surface area (Å²) in [6, 6.07) is 6.50. The zero-order valence-electron chi connectivity index (χ0n) is 12.4. The molecule has 3 amide bonds. The van der Waals surface area contributed by atoms with Crippen LogP contribution in [0.3, 0.4) is 0 Å². The van der Waals surface area contributed by atoms with Crippen LogP contribution in [0.4, 0.5) is 15.6 Å². The molecule has 23 heavy (non-hydrogen) atoms. The Morgan fingerprint density at radius 1 is 1.30 bits per heavy atom. The van der Waals surface area contributed by atoms with Gasteiger partial charge in [-0.3, -0.25) is 10.1 Å². The van der Waals surface area contributed by atoms with E-state index in [1.165, 1.54) is 23.1 Å². The van der Waals surface area contributed by atoms with Crippen molar-refractivity contribution in [1.82, 2.24) is 15.5 Å². The number of nitrogens with zero attached hydrogens (tertiary/aromatic N) is 2. The van der Waals surface area contributed by atoms with Crippen molar-refractivity contribution in [2.24, 2.45) is 5.73 Å². The molecule has 1 aromatic carbocycles. The van der Waals surface area contributed by atoms with E-state index in [1.807, 2.05) is 29.6 Å². The molecule has 1 atom stereocenters. The molecule has 1 aromatic heterocycles. The van der Waals surface area contributed by atoms with Gasteiger partial charge in [-0.15, -0.1) is 10.2 Å². The Bertz CT molecular complexity index is 689. The zero-order valence-corrected chi connectivity index (χ0v) is 14.0. The number of carbonyl (C=O) groups excluding carboxylic acids is 2. The number of amides is 3. The van der Waals surface area contributed by atoms with Gasteiger partial charge < -0.3 is 15.8 Å². The van der Waals surface area contributed by atoms with Crippen LogP contribution in [0.5, 0.6) is 5.75 Å². The Kier molecular flexibility index (Phi) is 5.77. The van der Waals surface area contributed by atoms with Crippen LogP contribution < -0.4 is 21.1 Å². The molecule has 0 saturated heterocycles. The van der Waals surface area contributed by atoms with Gasteiger partial charge in [-0.05, 0) is 31.2 Å². The van der Waals surface area contributed by atoms with E-state index in [1.54, 1.807) is 14.0 Å². The van der Waals surface area contributed by atoms with Gasteiger partial charge >= 0.3 is 6.03 Å². The first-order valence-electron chi connectivity index (χ1n) is 6.49. The molecule has 2 aromatic rings. The largest absolute Gasteiger partial charge is 0.497 e. The number of benzene rings is 1. The van der Waals surface area contributed by atoms with Gasteiger partial charge in [0.2, 0.25) is 11.0 Å². The average Bonchev–Trinajstić information content (AvgIpc) is 2.94. The smallest absolute Gasteiger partial charge is 0.318 e. The SMILES string of the molecule is COc1ccc(Nc2nnc(S[C@H](C)C(=O)NC(N)=O)s2)cc1. The minimum Gasteiger partial charge on any atom is -0.497 e. The Morgan fingerprint density at radius 3 is 2.61 bits per heavy atom. The van der Waals surface area contributed by atoms with E-state index in [0.717, 1.165) is 11.4 Å². The highest BCUT2D eigenvalue weighted by atomic mass is 32.2. The van der Waals surface area contributed by atoms with Crippen LogP contribution in [-0.2, 0) is 4.79 Å². The molecule has 1 heterocycles. The number of nitrogens with two attached hydrogens (primary N) is 1. The van der Waals surface area contributed by atoms with E-state index in [2.05, 4.69) is 15.5 Å². The average molecular weight is 353 g/mol. The number of imide groups is 1. The molecule has 0 aliphatic carbocycles. The van der Waals surface area contributed by atoms with Crippen molar-refractivity contribution >= 4 is 45.9 Å². The van der Waals surface area contributed by atoms with E-state index >= 15 is 0 Å². The number of urea groups is 1. The molecule has 0 unspecified atom stereocenters. The lowest BCUT2D eigenvalue weighted by molar-refractivity contribution is -0.119. The lowest BCUT2D eigenvalue weighted by atomic mass is 10.3. The van der Waals surface area contributed by atoms with Crippen LogP contribution in [0.15, 0.2) is 28.6 Å². The van der Waals surface area contributed by atoms with Crippen LogP contribution in [0, 0.1) is 0 Å². The third kappa shape index (κ3) is 5.11. The number of methoxy groups -OCH3 is 1. The van der Waals surface area contributed by atoms with Crippen LogP contribution >= 0.6 is 23.1 Å². The molecular formula is C13H15N5O3S2. The zero-order chi connectivity index (χ0) is 16.8. The van der Waals surface area contributed by atoms with Gasteiger partial charge in [0.25, 0.3) is 0 Å². The van der Waals surface area contributed by atoms with Gasteiger partial charge in [0.1, 0.15) is 5.75 Å². The summed E-state index contributed by atoms with van der Waals surface area (Å²) < 4.78 is 5.69. The number of rotatable bonds is 6. The lowest BCUT2D eigenvalue weighted by Gasteiger charge is -2.06. The van der Waals surface area contributed by atoms with Gasteiger partial charge in [-0.2, -0.15) is 0 Å². The third-order valence-electron chi connectivity index (χ3n) is 2.64. The Hall–Kier alpha value is -2.33. The minimum absolute atomic E-state index is 0.470. The second kappa shape index (κ2) is 7.79. The van der Waals surface area contributed by atoms with E-state index in [4.69, 9.17) is 10.5 Å². The van der Waals surface area contributed by atoms with Crippen molar-refractivity contribution in [2.45, 2.75) is 16.5 Å². The standard InChI is InChI=1S/C13H15N5O3S2/c1-7(10(19)16-11(14)20)22-13-18-17-12(23-13)15-8-3-5-9(21-2)6-4-8/h3-7H,1-2H3,(H,15,17)(H3,14,16,19,20)/t7-/m1/s1. The number of hydrogen-bond donors (Lipinski definition) is 3. The first-order chi connectivity index (χ1) is 11.0.